The van der Waals surface area contributed by atoms with Crippen LogP contribution in [0, 0.1) is 11.3 Å². The number of hydrogen-bond donors (Lipinski definition) is 2. The fourth-order valence-electron chi connectivity index (χ4n) is 1.87. The van der Waals surface area contributed by atoms with Gasteiger partial charge in [0.1, 0.15) is 0 Å². The number of nitrogens with two attached hydrogens (primary N) is 1. The Morgan fingerprint density at radius 1 is 1.44 bits per heavy atom. The van der Waals surface area contributed by atoms with Crippen molar-refractivity contribution in [2.75, 3.05) is 13.2 Å². The summed E-state index contributed by atoms with van der Waals surface area (Å²) >= 11 is 3.46. The van der Waals surface area contributed by atoms with E-state index in [1.165, 1.54) is 5.56 Å². The number of rotatable bonds is 5. The molecule has 0 fully saturated rings. The van der Waals surface area contributed by atoms with Gasteiger partial charge in [-0.2, -0.15) is 0 Å². The van der Waals surface area contributed by atoms with Gasteiger partial charge >= 0.3 is 0 Å². The van der Waals surface area contributed by atoms with Gasteiger partial charge in [-0.25, -0.2) is 0 Å². The number of aliphatic hydroxyl groups is 1. The number of aliphatic hydroxyl groups excluding tert-OH is 1. The summed E-state index contributed by atoms with van der Waals surface area (Å²) in [5, 5.41) is 9.59. The van der Waals surface area contributed by atoms with Crippen molar-refractivity contribution < 1.29 is 5.11 Å². The molecular weight excluding hydrogens is 266 g/mol. The van der Waals surface area contributed by atoms with Crippen molar-refractivity contribution in [2.24, 2.45) is 17.1 Å². The third kappa shape index (κ3) is 3.06. The Morgan fingerprint density at radius 3 is 2.56 bits per heavy atom. The molecule has 0 bridgehead atoms. The van der Waals surface area contributed by atoms with Crippen LogP contribution >= 0.6 is 15.9 Å². The molecule has 2 nitrogen and oxygen atoms in total. The first kappa shape index (κ1) is 13.7. The summed E-state index contributed by atoms with van der Waals surface area (Å²) in [6.07, 6.45) is 0.817. The highest BCUT2D eigenvalue weighted by molar-refractivity contribution is 9.10. The van der Waals surface area contributed by atoms with E-state index in [4.69, 9.17) is 5.73 Å². The van der Waals surface area contributed by atoms with Crippen LogP contribution in [0.5, 0.6) is 0 Å². The Bertz CT molecular complexity index is 334. The lowest BCUT2D eigenvalue weighted by Gasteiger charge is -2.35. The van der Waals surface area contributed by atoms with Crippen molar-refractivity contribution in [3.8, 4) is 0 Å². The number of benzene rings is 1. The van der Waals surface area contributed by atoms with E-state index in [0.717, 1.165) is 10.9 Å². The van der Waals surface area contributed by atoms with Crippen LogP contribution in [0.4, 0.5) is 0 Å². The molecule has 0 aliphatic heterocycles. The lowest BCUT2D eigenvalue weighted by molar-refractivity contribution is 0.0843. The molecule has 1 aromatic rings. The predicted molar refractivity (Wildman–Crippen MR) is 71.3 cm³/mol. The molecule has 3 heteroatoms. The van der Waals surface area contributed by atoms with Gasteiger partial charge in [-0.1, -0.05) is 41.9 Å². The molecule has 0 aromatic heterocycles. The van der Waals surface area contributed by atoms with Crippen molar-refractivity contribution in [3.63, 3.8) is 0 Å². The van der Waals surface area contributed by atoms with Crippen LogP contribution in [-0.2, 0) is 6.42 Å². The van der Waals surface area contributed by atoms with Gasteiger partial charge in [0.25, 0.3) is 0 Å². The van der Waals surface area contributed by atoms with E-state index in [1.807, 2.05) is 12.1 Å². The molecule has 0 aliphatic rings. The zero-order valence-electron chi connectivity index (χ0n) is 9.91. The monoisotopic (exact) mass is 285 g/mol. The van der Waals surface area contributed by atoms with E-state index in [1.54, 1.807) is 0 Å². The van der Waals surface area contributed by atoms with Crippen molar-refractivity contribution in [1.82, 2.24) is 0 Å². The quantitative estimate of drug-likeness (QED) is 0.874. The van der Waals surface area contributed by atoms with Crippen molar-refractivity contribution >= 4 is 15.9 Å². The van der Waals surface area contributed by atoms with Crippen LogP contribution in [0.3, 0.4) is 0 Å². The van der Waals surface area contributed by atoms with Crippen molar-refractivity contribution in [3.05, 3.63) is 34.3 Å². The molecule has 0 saturated carbocycles. The normalized spacial score (nSPS) is 15.1. The Balaban J connectivity index is 2.91. The topological polar surface area (TPSA) is 46.2 Å². The van der Waals surface area contributed by atoms with Gasteiger partial charge in [0.05, 0.1) is 6.61 Å². The number of hydrogen-bond acceptors (Lipinski definition) is 2. The minimum Gasteiger partial charge on any atom is -0.396 e. The van der Waals surface area contributed by atoms with Gasteiger partial charge in [0.2, 0.25) is 0 Å². The summed E-state index contributed by atoms with van der Waals surface area (Å²) in [7, 11) is 0. The first-order valence-electron chi connectivity index (χ1n) is 5.59. The van der Waals surface area contributed by atoms with E-state index >= 15 is 0 Å². The largest absolute Gasteiger partial charge is 0.396 e. The van der Waals surface area contributed by atoms with Gasteiger partial charge in [-0.15, -0.1) is 0 Å². The van der Waals surface area contributed by atoms with Crippen molar-refractivity contribution in [1.29, 1.82) is 0 Å². The Morgan fingerprint density at radius 2 is 2.12 bits per heavy atom. The zero-order valence-corrected chi connectivity index (χ0v) is 11.5. The second-order valence-electron chi connectivity index (χ2n) is 4.69. The van der Waals surface area contributed by atoms with Crippen LogP contribution in [0.2, 0.25) is 0 Å². The average molecular weight is 286 g/mol. The maximum absolute atomic E-state index is 9.59. The lowest BCUT2D eigenvalue weighted by atomic mass is 9.73. The summed E-state index contributed by atoms with van der Waals surface area (Å²) in [6, 6.07) is 8.18. The summed E-state index contributed by atoms with van der Waals surface area (Å²) in [6.45, 7) is 4.86. The fourth-order valence-corrected chi connectivity index (χ4v) is 2.32. The molecule has 0 spiro atoms. The molecule has 0 amide bonds. The molecule has 1 aromatic carbocycles. The SMILES string of the molecule is CC(C)C(CN)(CO)Cc1cccc(Br)c1. The molecule has 0 radical (unpaired) electrons. The molecule has 3 N–H and O–H groups in total. The summed E-state index contributed by atoms with van der Waals surface area (Å²) < 4.78 is 1.07. The molecular formula is C13H20BrNO. The Hall–Kier alpha value is -0.380. The standard InChI is InChI=1S/C13H20BrNO/c1-10(2)13(8-15,9-16)7-11-4-3-5-12(14)6-11/h3-6,10,16H,7-9,15H2,1-2H3. The maximum Gasteiger partial charge on any atom is 0.0505 e. The van der Waals surface area contributed by atoms with Gasteiger partial charge in [-0.3, -0.25) is 0 Å². The van der Waals surface area contributed by atoms with Gasteiger partial charge < -0.3 is 10.8 Å². The number of halogens is 1. The molecule has 0 saturated heterocycles. The van der Waals surface area contributed by atoms with Gasteiger partial charge in [0.15, 0.2) is 0 Å². The fraction of sp³-hybridized carbons (Fsp3) is 0.538. The minimum atomic E-state index is -0.208. The molecule has 16 heavy (non-hydrogen) atoms. The van der Waals surface area contributed by atoms with Crippen LogP contribution in [0.1, 0.15) is 19.4 Å². The van der Waals surface area contributed by atoms with Gasteiger partial charge in [0, 0.05) is 16.4 Å². The molecule has 0 aliphatic carbocycles. The van der Waals surface area contributed by atoms with Crippen LogP contribution < -0.4 is 5.73 Å². The maximum atomic E-state index is 9.59. The summed E-state index contributed by atoms with van der Waals surface area (Å²) in [5.41, 5.74) is 6.84. The molecule has 90 valence electrons. The first-order valence-corrected chi connectivity index (χ1v) is 6.39. The smallest absolute Gasteiger partial charge is 0.0505 e. The van der Waals surface area contributed by atoms with E-state index in [9.17, 15) is 5.11 Å². The van der Waals surface area contributed by atoms with E-state index < -0.39 is 0 Å². The highest BCUT2D eigenvalue weighted by atomic mass is 79.9. The second kappa shape index (κ2) is 5.80. The summed E-state index contributed by atoms with van der Waals surface area (Å²) in [4.78, 5) is 0. The zero-order chi connectivity index (χ0) is 12.2. The Kier molecular flexibility index (Phi) is 4.96. The molecule has 1 atom stereocenters. The van der Waals surface area contributed by atoms with E-state index in [-0.39, 0.29) is 12.0 Å². The van der Waals surface area contributed by atoms with Crippen LogP contribution in [-0.4, -0.2) is 18.3 Å². The van der Waals surface area contributed by atoms with Crippen molar-refractivity contribution in [2.45, 2.75) is 20.3 Å². The summed E-state index contributed by atoms with van der Waals surface area (Å²) in [5.74, 6) is 0.362. The first-order chi connectivity index (χ1) is 7.54. The molecule has 1 unspecified atom stereocenters. The average Bonchev–Trinajstić information content (AvgIpc) is 2.25. The van der Waals surface area contributed by atoms with E-state index in [2.05, 4.69) is 41.9 Å². The third-order valence-corrected chi connectivity index (χ3v) is 3.88. The third-order valence-electron chi connectivity index (χ3n) is 3.39. The molecule has 0 heterocycles. The van der Waals surface area contributed by atoms with Gasteiger partial charge in [-0.05, 0) is 30.0 Å². The second-order valence-corrected chi connectivity index (χ2v) is 5.60. The van der Waals surface area contributed by atoms with Crippen LogP contribution in [0.15, 0.2) is 28.7 Å². The predicted octanol–water partition coefficient (Wildman–Crippen LogP) is 2.59. The molecule has 1 rings (SSSR count). The van der Waals surface area contributed by atoms with Crippen LogP contribution in [0.25, 0.3) is 0 Å². The highest BCUT2D eigenvalue weighted by Crippen LogP contribution is 2.31. The highest BCUT2D eigenvalue weighted by Gasteiger charge is 2.31. The minimum absolute atomic E-state index is 0.133. The Labute approximate surface area is 106 Å². The lowest BCUT2D eigenvalue weighted by Crippen LogP contribution is -2.41. The van der Waals surface area contributed by atoms with E-state index in [0.29, 0.717) is 12.5 Å².